The number of ether oxygens (including phenoxy) is 1. The van der Waals surface area contributed by atoms with Crippen LogP contribution in [0.5, 0.6) is 5.75 Å². The van der Waals surface area contributed by atoms with Crippen molar-refractivity contribution in [3.8, 4) is 5.75 Å². The summed E-state index contributed by atoms with van der Waals surface area (Å²) in [6.45, 7) is 0.221. The first-order valence-electron chi connectivity index (χ1n) is 7.84. The van der Waals surface area contributed by atoms with E-state index in [1.165, 1.54) is 12.1 Å². The van der Waals surface area contributed by atoms with Crippen LogP contribution in [0.25, 0.3) is 0 Å². The fourth-order valence-electron chi connectivity index (χ4n) is 2.45. The number of ketones is 1. The molecule has 0 amide bonds. The Balaban J connectivity index is 1.71. The van der Waals surface area contributed by atoms with Gasteiger partial charge < -0.3 is 4.74 Å². The molecule has 0 radical (unpaired) electrons. The normalized spacial score (nSPS) is 11.8. The molecule has 1 unspecified atom stereocenters. The molecule has 0 aliphatic heterocycles. The molecular formula is C21H16ClFO2. The van der Waals surface area contributed by atoms with E-state index in [0.29, 0.717) is 11.3 Å². The van der Waals surface area contributed by atoms with Crippen molar-refractivity contribution < 1.29 is 13.9 Å². The van der Waals surface area contributed by atoms with Gasteiger partial charge in [0.2, 0.25) is 0 Å². The summed E-state index contributed by atoms with van der Waals surface area (Å²) in [5.41, 5.74) is 1.94. The van der Waals surface area contributed by atoms with Crippen LogP contribution in [0, 0.1) is 5.82 Å². The van der Waals surface area contributed by atoms with Crippen LogP contribution in [0.2, 0.25) is 0 Å². The summed E-state index contributed by atoms with van der Waals surface area (Å²) in [7, 11) is 0. The maximum Gasteiger partial charge on any atom is 0.185 e. The van der Waals surface area contributed by atoms with Crippen LogP contribution in [0.3, 0.4) is 0 Å². The fourth-order valence-corrected chi connectivity index (χ4v) is 2.72. The van der Waals surface area contributed by atoms with Gasteiger partial charge in [-0.2, -0.15) is 0 Å². The Morgan fingerprint density at radius 2 is 1.72 bits per heavy atom. The molecule has 0 saturated carbocycles. The van der Waals surface area contributed by atoms with E-state index in [-0.39, 0.29) is 18.2 Å². The number of carbonyl (C=O) groups is 1. The van der Waals surface area contributed by atoms with Crippen LogP contribution in [0.15, 0.2) is 78.9 Å². The lowest BCUT2D eigenvalue weighted by atomic mass is 10.0. The average Bonchev–Trinajstić information content (AvgIpc) is 2.66. The third-order valence-electron chi connectivity index (χ3n) is 3.74. The smallest absolute Gasteiger partial charge is 0.185 e. The molecule has 126 valence electrons. The Labute approximate surface area is 150 Å². The van der Waals surface area contributed by atoms with E-state index in [4.69, 9.17) is 16.3 Å². The molecule has 0 spiro atoms. The van der Waals surface area contributed by atoms with Crippen LogP contribution in [-0.4, -0.2) is 5.78 Å². The molecule has 3 aromatic rings. The van der Waals surface area contributed by atoms with Crippen LogP contribution in [0.4, 0.5) is 4.39 Å². The molecule has 0 N–H and O–H groups in total. The number of hydrogen-bond acceptors (Lipinski definition) is 2. The number of rotatable bonds is 6. The summed E-state index contributed by atoms with van der Waals surface area (Å²) in [5, 5.41) is -0.750. The number of carbonyl (C=O) groups excluding carboxylic acids is 1. The first-order valence-corrected chi connectivity index (χ1v) is 8.27. The lowest BCUT2D eigenvalue weighted by molar-refractivity contribution is 0.0986. The number of alkyl halides is 1. The third-order valence-corrected chi connectivity index (χ3v) is 4.19. The summed E-state index contributed by atoms with van der Waals surface area (Å²) < 4.78 is 18.9. The SMILES string of the molecule is O=C(c1cccc(OCc2cccc(F)c2)c1)C(Cl)c1ccccc1. The van der Waals surface area contributed by atoms with Crippen molar-refractivity contribution in [2.75, 3.05) is 0 Å². The Kier molecular flexibility index (Phi) is 5.46. The third kappa shape index (κ3) is 4.46. The second-order valence-corrected chi connectivity index (χ2v) is 6.02. The molecule has 1 atom stereocenters. The van der Waals surface area contributed by atoms with E-state index in [9.17, 15) is 9.18 Å². The van der Waals surface area contributed by atoms with Crippen molar-refractivity contribution in [1.82, 2.24) is 0 Å². The molecular weight excluding hydrogens is 339 g/mol. The highest BCUT2D eigenvalue weighted by atomic mass is 35.5. The summed E-state index contributed by atoms with van der Waals surface area (Å²) in [6.07, 6.45) is 0. The molecule has 4 heteroatoms. The standard InChI is InChI=1S/C21H16ClFO2/c22-20(16-7-2-1-3-8-16)21(24)17-9-5-11-19(13-17)25-14-15-6-4-10-18(23)12-15/h1-13,20H,14H2. The van der Waals surface area contributed by atoms with Gasteiger partial charge >= 0.3 is 0 Å². The molecule has 3 aromatic carbocycles. The van der Waals surface area contributed by atoms with Crippen LogP contribution < -0.4 is 4.74 Å². The van der Waals surface area contributed by atoms with Crippen LogP contribution >= 0.6 is 11.6 Å². The van der Waals surface area contributed by atoms with Gasteiger partial charge in [-0.1, -0.05) is 54.6 Å². The monoisotopic (exact) mass is 354 g/mol. The number of benzene rings is 3. The van der Waals surface area contributed by atoms with Crippen LogP contribution in [0.1, 0.15) is 26.9 Å². The minimum atomic E-state index is -0.750. The Bertz CT molecular complexity index is 865. The van der Waals surface area contributed by atoms with Crippen molar-refractivity contribution in [2.24, 2.45) is 0 Å². The van der Waals surface area contributed by atoms with Gasteiger partial charge in [-0.05, 0) is 35.4 Å². The van der Waals surface area contributed by atoms with E-state index in [1.807, 2.05) is 30.3 Å². The predicted octanol–water partition coefficient (Wildman–Crippen LogP) is 5.57. The highest BCUT2D eigenvalue weighted by molar-refractivity contribution is 6.33. The predicted molar refractivity (Wildman–Crippen MR) is 96.5 cm³/mol. The van der Waals surface area contributed by atoms with E-state index < -0.39 is 5.38 Å². The molecule has 2 nitrogen and oxygen atoms in total. The summed E-state index contributed by atoms with van der Waals surface area (Å²) in [5.74, 6) is 0.0361. The zero-order chi connectivity index (χ0) is 17.6. The van der Waals surface area contributed by atoms with Gasteiger partial charge in [0.05, 0.1) is 0 Å². The summed E-state index contributed by atoms with van der Waals surface area (Å²) in [4.78, 5) is 12.6. The summed E-state index contributed by atoms with van der Waals surface area (Å²) in [6, 6.07) is 22.3. The van der Waals surface area contributed by atoms with Gasteiger partial charge in [-0.15, -0.1) is 11.6 Å². The number of halogens is 2. The van der Waals surface area contributed by atoms with Gasteiger partial charge in [-0.3, -0.25) is 4.79 Å². The lowest BCUT2D eigenvalue weighted by Crippen LogP contribution is -2.07. The Morgan fingerprint density at radius 3 is 2.48 bits per heavy atom. The van der Waals surface area contributed by atoms with Crippen molar-refractivity contribution >= 4 is 17.4 Å². The van der Waals surface area contributed by atoms with Gasteiger partial charge in [0.15, 0.2) is 5.78 Å². The molecule has 0 aliphatic carbocycles. The number of hydrogen-bond donors (Lipinski definition) is 0. The average molecular weight is 355 g/mol. The topological polar surface area (TPSA) is 26.3 Å². The van der Waals surface area contributed by atoms with E-state index in [0.717, 1.165) is 11.1 Å². The Hall–Kier alpha value is -2.65. The van der Waals surface area contributed by atoms with Crippen LogP contribution in [-0.2, 0) is 6.61 Å². The first kappa shape index (κ1) is 17.2. The van der Waals surface area contributed by atoms with Gasteiger partial charge in [0.25, 0.3) is 0 Å². The van der Waals surface area contributed by atoms with E-state index in [1.54, 1.807) is 36.4 Å². The van der Waals surface area contributed by atoms with Crippen molar-refractivity contribution in [3.63, 3.8) is 0 Å². The molecule has 3 rings (SSSR count). The largest absolute Gasteiger partial charge is 0.489 e. The van der Waals surface area contributed by atoms with Crippen molar-refractivity contribution in [2.45, 2.75) is 12.0 Å². The first-order chi connectivity index (χ1) is 12.1. The molecule has 0 fully saturated rings. The minimum Gasteiger partial charge on any atom is -0.489 e. The molecule has 0 heterocycles. The maximum absolute atomic E-state index is 13.2. The number of Topliss-reactive ketones (excluding diaryl/α,β-unsaturated/α-hetero) is 1. The highest BCUT2D eigenvalue weighted by Crippen LogP contribution is 2.26. The molecule has 0 saturated heterocycles. The highest BCUT2D eigenvalue weighted by Gasteiger charge is 2.19. The molecule has 25 heavy (non-hydrogen) atoms. The zero-order valence-corrected chi connectivity index (χ0v) is 14.1. The van der Waals surface area contributed by atoms with Gasteiger partial charge in [0.1, 0.15) is 23.6 Å². The lowest BCUT2D eigenvalue weighted by Gasteiger charge is -2.11. The quantitative estimate of drug-likeness (QED) is 0.427. The van der Waals surface area contributed by atoms with Crippen molar-refractivity contribution in [1.29, 1.82) is 0 Å². The summed E-state index contributed by atoms with van der Waals surface area (Å²) >= 11 is 6.30. The fraction of sp³-hybridized carbons (Fsp3) is 0.0952. The van der Waals surface area contributed by atoms with E-state index >= 15 is 0 Å². The van der Waals surface area contributed by atoms with Gasteiger partial charge in [-0.25, -0.2) is 4.39 Å². The molecule has 0 aromatic heterocycles. The second-order valence-electron chi connectivity index (χ2n) is 5.58. The minimum absolute atomic E-state index is 0.191. The maximum atomic E-state index is 13.2. The zero-order valence-electron chi connectivity index (χ0n) is 13.4. The van der Waals surface area contributed by atoms with Gasteiger partial charge in [0, 0.05) is 5.56 Å². The molecule has 0 bridgehead atoms. The molecule has 0 aliphatic rings. The van der Waals surface area contributed by atoms with E-state index in [2.05, 4.69) is 0 Å². The van der Waals surface area contributed by atoms with Crippen molar-refractivity contribution in [3.05, 3.63) is 101 Å². The second kappa shape index (κ2) is 7.95. The Morgan fingerprint density at radius 1 is 0.960 bits per heavy atom.